The second-order valence-corrected chi connectivity index (χ2v) is 5.31. The van der Waals surface area contributed by atoms with Gasteiger partial charge in [0.05, 0.1) is 0 Å². The number of carbonyl (C=O) groups is 1. The number of likely N-dealkylation sites (N-methyl/N-ethyl adjacent to an activating group) is 1. The molecule has 0 saturated carbocycles. The fourth-order valence-corrected chi connectivity index (χ4v) is 3.38. The second kappa shape index (κ2) is 4.53. The van der Waals surface area contributed by atoms with Gasteiger partial charge in [-0.3, -0.25) is 4.79 Å². The molecule has 0 radical (unpaired) electrons. The molecule has 1 amide bonds. The van der Waals surface area contributed by atoms with Crippen molar-refractivity contribution in [3.05, 3.63) is 0 Å². The van der Waals surface area contributed by atoms with Gasteiger partial charge in [0.1, 0.15) is 0 Å². The fraction of sp³-hybridized carbons (Fsp3) is 0.900. The molecule has 2 heterocycles. The molecule has 0 aromatic rings. The number of rotatable bonds is 2. The lowest BCUT2D eigenvalue weighted by molar-refractivity contribution is -0.135. The molecular formula is C10H18N2OS. The van der Waals surface area contributed by atoms with Crippen molar-refractivity contribution in [1.29, 1.82) is 0 Å². The zero-order valence-electron chi connectivity index (χ0n) is 8.66. The first-order valence-electron chi connectivity index (χ1n) is 5.34. The SMILES string of the molecule is CN(C(=O)C1CCSC1)C1CCNC1. The summed E-state index contributed by atoms with van der Waals surface area (Å²) in [6, 6.07) is 0.438. The van der Waals surface area contributed by atoms with Crippen LogP contribution in [0.25, 0.3) is 0 Å². The van der Waals surface area contributed by atoms with Crippen LogP contribution in [0.1, 0.15) is 12.8 Å². The number of hydrogen-bond acceptors (Lipinski definition) is 3. The molecule has 2 unspecified atom stereocenters. The van der Waals surface area contributed by atoms with E-state index in [1.807, 2.05) is 23.7 Å². The molecule has 2 saturated heterocycles. The van der Waals surface area contributed by atoms with Crippen molar-refractivity contribution in [2.24, 2.45) is 5.92 Å². The van der Waals surface area contributed by atoms with Crippen LogP contribution in [0, 0.1) is 5.92 Å². The van der Waals surface area contributed by atoms with E-state index in [-0.39, 0.29) is 0 Å². The van der Waals surface area contributed by atoms with Gasteiger partial charge in [0.15, 0.2) is 0 Å². The molecule has 0 aromatic heterocycles. The number of nitrogens with one attached hydrogen (secondary N) is 1. The minimum Gasteiger partial charge on any atom is -0.341 e. The number of thioether (sulfide) groups is 1. The Hall–Kier alpha value is -0.220. The standard InChI is InChI=1S/C10H18N2OS/c1-12(9-2-4-11-6-9)10(13)8-3-5-14-7-8/h8-9,11H,2-7H2,1H3. The van der Waals surface area contributed by atoms with Crippen molar-refractivity contribution in [1.82, 2.24) is 10.2 Å². The maximum atomic E-state index is 12.0. The molecule has 3 nitrogen and oxygen atoms in total. The number of carbonyl (C=O) groups excluding carboxylic acids is 1. The molecule has 2 atom stereocenters. The Morgan fingerprint density at radius 2 is 2.36 bits per heavy atom. The van der Waals surface area contributed by atoms with E-state index in [0.29, 0.717) is 17.9 Å². The summed E-state index contributed by atoms with van der Waals surface area (Å²) in [5.74, 6) is 2.85. The summed E-state index contributed by atoms with van der Waals surface area (Å²) < 4.78 is 0. The normalized spacial score (nSPS) is 32.1. The van der Waals surface area contributed by atoms with E-state index in [0.717, 1.165) is 37.4 Å². The topological polar surface area (TPSA) is 32.3 Å². The van der Waals surface area contributed by atoms with E-state index >= 15 is 0 Å². The highest BCUT2D eigenvalue weighted by Crippen LogP contribution is 2.25. The van der Waals surface area contributed by atoms with Crippen LogP contribution in [0.5, 0.6) is 0 Å². The van der Waals surface area contributed by atoms with Crippen molar-refractivity contribution < 1.29 is 4.79 Å². The minimum atomic E-state index is 0.297. The van der Waals surface area contributed by atoms with Crippen molar-refractivity contribution in [2.45, 2.75) is 18.9 Å². The molecule has 1 N–H and O–H groups in total. The number of amides is 1. The molecule has 2 aliphatic rings. The first kappa shape index (κ1) is 10.3. The number of nitrogens with zero attached hydrogens (tertiary/aromatic N) is 1. The molecule has 0 aliphatic carbocycles. The molecule has 2 aliphatic heterocycles. The molecule has 2 rings (SSSR count). The summed E-state index contributed by atoms with van der Waals surface area (Å²) >= 11 is 1.91. The van der Waals surface area contributed by atoms with Gasteiger partial charge in [0.25, 0.3) is 0 Å². The van der Waals surface area contributed by atoms with Gasteiger partial charge < -0.3 is 10.2 Å². The van der Waals surface area contributed by atoms with Crippen LogP contribution in [0.15, 0.2) is 0 Å². The quantitative estimate of drug-likeness (QED) is 0.729. The summed E-state index contributed by atoms with van der Waals surface area (Å²) in [7, 11) is 1.96. The van der Waals surface area contributed by atoms with Crippen LogP contribution in [0.3, 0.4) is 0 Å². The zero-order chi connectivity index (χ0) is 9.97. The van der Waals surface area contributed by atoms with Gasteiger partial charge in [0, 0.05) is 31.3 Å². The van der Waals surface area contributed by atoms with Gasteiger partial charge in [-0.25, -0.2) is 0 Å². The van der Waals surface area contributed by atoms with Gasteiger partial charge in [-0.1, -0.05) is 0 Å². The van der Waals surface area contributed by atoms with Crippen LogP contribution in [-0.4, -0.2) is 48.5 Å². The Balaban J connectivity index is 1.89. The first-order chi connectivity index (χ1) is 6.79. The van der Waals surface area contributed by atoms with E-state index in [1.165, 1.54) is 0 Å². The molecule has 14 heavy (non-hydrogen) atoms. The largest absolute Gasteiger partial charge is 0.341 e. The van der Waals surface area contributed by atoms with E-state index in [4.69, 9.17) is 0 Å². The molecule has 0 aromatic carbocycles. The van der Waals surface area contributed by atoms with Gasteiger partial charge >= 0.3 is 0 Å². The summed E-state index contributed by atoms with van der Waals surface area (Å²) in [6.45, 7) is 2.03. The Labute approximate surface area is 89.6 Å². The van der Waals surface area contributed by atoms with Gasteiger partial charge in [-0.2, -0.15) is 11.8 Å². The van der Waals surface area contributed by atoms with Gasteiger partial charge in [-0.15, -0.1) is 0 Å². The maximum absolute atomic E-state index is 12.0. The maximum Gasteiger partial charge on any atom is 0.226 e. The van der Waals surface area contributed by atoms with Crippen molar-refractivity contribution in [3.63, 3.8) is 0 Å². The predicted molar refractivity (Wildman–Crippen MR) is 59.5 cm³/mol. The molecule has 2 fully saturated rings. The van der Waals surface area contributed by atoms with E-state index in [9.17, 15) is 4.79 Å². The smallest absolute Gasteiger partial charge is 0.226 e. The Kier molecular flexibility index (Phi) is 3.34. The third kappa shape index (κ3) is 2.06. The highest BCUT2D eigenvalue weighted by atomic mass is 32.2. The van der Waals surface area contributed by atoms with Crippen LogP contribution in [0.2, 0.25) is 0 Å². The molecule has 0 bridgehead atoms. The lowest BCUT2D eigenvalue weighted by Crippen LogP contribution is -2.41. The van der Waals surface area contributed by atoms with Crippen LogP contribution in [-0.2, 0) is 4.79 Å². The lowest BCUT2D eigenvalue weighted by Gasteiger charge is -2.26. The average Bonchev–Trinajstić information content (AvgIpc) is 2.87. The predicted octanol–water partition coefficient (Wildman–Crippen LogP) is 0.560. The van der Waals surface area contributed by atoms with E-state index in [2.05, 4.69) is 5.32 Å². The third-order valence-corrected chi connectivity index (χ3v) is 4.37. The monoisotopic (exact) mass is 214 g/mol. The van der Waals surface area contributed by atoms with Crippen LogP contribution >= 0.6 is 11.8 Å². The Morgan fingerprint density at radius 3 is 2.93 bits per heavy atom. The third-order valence-electron chi connectivity index (χ3n) is 3.21. The van der Waals surface area contributed by atoms with Crippen LogP contribution in [0.4, 0.5) is 0 Å². The highest BCUT2D eigenvalue weighted by Gasteiger charge is 2.30. The van der Waals surface area contributed by atoms with Gasteiger partial charge in [0.2, 0.25) is 5.91 Å². The molecule has 4 heteroatoms. The first-order valence-corrected chi connectivity index (χ1v) is 6.49. The number of hydrogen-bond donors (Lipinski definition) is 1. The lowest BCUT2D eigenvalue weighted by atomic mass is 10.1. The molecule has 0 spiro atoms. The van der Waals surface area contributed by atoms with E-state index in [1.54, 1.807) is 0 Å². The minimum absolute atomic E-state index is 0.297. The Morgan fingerprint density at radius 1 is 1.50 bits per heavy atom. The van der Waals surface area contributed by atoms with Crippen molar-refractivity contribution >= 4 is 17.7 Å². The molecular weight excluding hydrogens is 196 g/mol. The van der Waals surface area contributed by atoms with Crippen molar-refractivity contribution in [3.8, 4) is 0 Å². The zero-order valence-corrected chi connectivity index (χ0v) is 9.48. The van der Waals surface area contributed by atoms with E-state index < -0.39 is 0 Å². The van der Waals surface area contributed by atoms with Gasteiger partial charge in [-0.05, 0) is 25.1 Å². The summed E-state index contributed by atoms with van der Waals surface area (Å²) in [4.78, 5) is 14.0. The summed E-state index contributed by atoms with van der Waals surface area (Å²) in [5.41, 5.74) is 0. The molecule has 80 valence electrons. The van der Waals surface area contributed by atoms with Crippen LogP contribution < -0.4 is 5.32 Å². The van der Waals surface area contributed by atoms with Crippen molar-refractivity contribution in [2.75, 3.05) is 31.6 Å². The summed E-state index contributed by atoms with van der Waals surface area (Å²) in [5, 5.41) is 3.30. The highest BCUT2D eigenvalue weighted by molar-refractivity contribution is 7.99. The second-order valence-electron chi connectivity index (χ2n) is 4.16. The summed E-state index contributed by atoms with van der Waals surface area (Å²) in [6.07, 6.45) is 2.19. The fourth-order valence-electron chi connectivity index (χ4n) is 2.17. The Bertz CT molecular complexity index is 210. The average molecular weight is 214 g/mol.